The Bertz CT molecular complexity index is 951. The van der Waals surface area contributed by atoms with Crippen LogP contribution in [-0.4, -0.2) is 48.7 Å². The van der Waals surface area contributed by atoms with E-state index in [1.807, 2.05) is 0 Å². The fourth-order valence-electron chi connectivity index (χ4n) is 2.78. The average Bonchev–Trinajstić information content (AvgIpc) is 3.14. The summed E-state index contributed by atoms with van der Waals surface area (Å²) < 4.78 is 23.8. The molecular formula is C19H23N3O6S. The van der Waals surface area contributed by atoms with Crippen LogP contribution < -0.4 is 10.6 Å². The van der Waals surface area contributed by atoms with Gasteiger partial charge in [0.2, 0.25) is 0 Å². The number of carbonyl (C=O) groups is 2. The van der Waals surface area contributed by atoms with E-state index < -0.39 is 22.0 Å². The zero-order chi connectivity index (χ0) is 21.6. The normalized spacial score (nSPS) is 14.1. The van der Waals surface area contributed by atoms with Crippen molar-refractivity contribution in [3.05, 3.63) is 59.2 Å². The molecular weight excluding hydrogens is 398 g/mol. The summed E-state index contributed by atoms with van der Waals surface area (Å²) in [4.78, 5) is 24.0. The number of sulfonamides is 1. The first kappa shape index (κ1) is 22.3. The van der Waals surface area contributed by atoms with Crippen molar-refractivity contribution in [3.63, 3.8) is 0 Å². The SMILES string of the molecule is Cc1c(C(=O)O)cccc1C(=O)O.Nc1ccc(S(=O)(=O)NN2CCCC2)cc1. The Labute approximate surface area is 168 Å². The molecule has 5 N–H and O–H groups in total. The van der Waals surface area contributed by atoms with Crippen molar-refractivity contribution in [2.75, 3.05) is 18.8 Å². The van der Waals surface area contributed by atoms with Gasteiger partial charge in [-0.25, -0.2) is 23.0 Å². The number of anilines is 1. The number of carboxylic acid groups (broad SMARTS) is 2. The van der Waals surface area contributed by atoms with Gasteiger partial charge in [-0.05, 0) is 61.7 Å². The fourth-order valence-corrected chi connectivity index (χ4v) is 3.90. The number of carboxylic acids is 2. The molecule has 0 aliphatic carbocycles. The van der Waals surface area contributed by atoms with Gasteiger partial charge in [0.25, 0.3) is 10.0 Å². The van der Waals surface area contributed by atoms with Crippen LogP contribution in [0.3, 0.4) is 0 Å². The van der Waals surface area contributed by atoms with Crippen molar-refractivity contribution in [3.8, 4) is 0 Å². The Morgan fingerprint density at radius 2 is 1.45 bits per heavy atom. The Kier molecular flexibility index (Phi) is 7.32. The van der Waals surface area contributed by atoms with E-state index in [-0.39, 0.29) is 21.6 Å². The van der Waals surface area contributed by atoms with Crippen molar-refractivity contribution < 1.29 is 28.2 Å². The largest absolute Gasteiger partial charge is 0.478 e. The Hall–Kier alpha value is -2.95. The molecule has 1 aliphatic rings. The van der Waals surface area contributed by atoms with E-state index >= 15 is 0 Å². The second-order valence-electron chi connectivity index (χ2n) is 6.45. The van der Waals surface area contributed by atoms with E-state index in [1.165, 1.54) is 37.3 Å². The molecule has 1 heterocycles. The van der Waals surface area contributed by atoms with Gasteiger partial charge in [-0.15, -0.1) is 4.83 Å². The predicted molar refractivity (Wildman–Crippen MR) is 107 cm³/mol. The number of nitrogens with zero attached hydrogens (tertiary/aromatic N) is 1. The minimum Gasteiger partial charge on any atom is -0.478 e. The van der Waals surface area contributed by atoms with Crippen LogP contribution in [0.25, 0.3) is 0 Å². The lowest BCUT2D eigenvalue weighted by Crippen LogP contribution is -2.39. The highest BCUT2D eigenvalue weighted by molar-refractivity contribution is 7.89. The second-order valence-corrected chi connectivity index (χ2v) is 8.11. The van der Waals surface area contributed by atoms with Crippen LogP contribution in [0.15, 0.2) is 47.4 Å². The maximum absolute atomic E-state index is 11.9. The van der Waals surface area contributed by atoms with Gasteiger partial charge in [0.05, 0.1) is 16.0 Å². The molecule has 1 saturated heterocycles. The molecule has 10 heteroatoms. The standard InChI is InChI=1S/C10H15N3O2S.C9H8O4/c11-9-3-5-10(6-4-9)16(14,15)12-13-7-1-2-8-13;1-5-6(8(10)11)3-2-4-7(5)9(12)13/h3-6,12H,1-2,7-8,11H2;2-4H,1H3,(H,10,11)(H,12,13). The van der Waals surface area contributed by atoms with Crippen LogP contribution in [0.4, 0.5) is 5.69 Å². The summed E-state index contributed by atoms with van der Waals surface area (Å²) in [5, 5.41) is 19.1. The molecule has 0 radical (unpaired) electrons. The van der Waals surface area contributed by atoms with Gasteiger partial charge in [-0.1, -0.05) is 6.07 Å². The van der Waals surface area contributed by atoms with E-state index in [0.717, 1.165) is 25.9 Å². The first-order valence-electron chi connectivity index (χ1n) is 8.81. The van der Waals surface area contributed by atoms with E-state index in [0.29, 0.717) is 5.69 Å². The third-order valence-electron chi connectivity index (χ3n) is 4.34. The predicted octanol–water partition coefficient (Wildman–Crippen LogP) is 1.95. The van der Waals surface area contributed by atoms with Gasteiger partial charge >= 0.3 is 11.9 Å². The van der Waals surface area contributed by atoms with Crippen molar-refractivity contribution >= 4 is 27.6 Å². The first-order chi connectivity index (χ1) is 13.6. The zero-order valence-electron chi connectivity index (χ0n) is 15.8. The molecule has 0 spiro atoms. The number of hydrazine groups is 1. The molecule has 0 atom stereocenters. The van der Waals surface area contributed by atoms with Crippen LogP contribution in [-0.2, 0) is 10.0 Å². The molecule has 156 valence electrons. The highest BCUT2D eigenvalue weighted by atomic mass is 32.2. The second kappa shape index (κ2) is 9.50. The van der Waals surface area contributed by atoms with Crippen LogP contribution >= 0.6 is 0 Å². The first-order valence-corrected chi connectivity index (χ1v) is 10.3. The van der Waals surface area contributed by atoms with E-state index in [2.05, 4.69) is 4.83 Å². The van der Waals surface area contributed by atoms with Crippen LogP contribution in [0.2, 0.25) is 0 Å². The topological polar surface area (TPSA) is 150 Å². The van der Waals surface area contributed by atoms with Crippen LogP contribution in [0.1, 0.15) is 39.1 Å². The summed E-state index contributed by atoms with van der Waals surface area (Å²) in [7, 11) is -3.44. The summed E-state index contributed by atoms with van der Waals surface area (Å²) in [5.74, 6) is -2.22. The third kappa shape index (κ3) is 6.01. The minimum atomic E-state index is -3.44. The van der Waals surface area contributed by atoms with Gasteiger partial charge in [0.1, 0.15) is 0 Å². The van der Waals surface area contributed by atoms with Gasteiger partial charge in [-0.3, -0.25) is 0 Å². The third-order valence-corrected chi connectivity index (χ3v) is 5.73. The fraction of sp³-hybridized carbons (Fsp3) is 0.263. The highest BCUT2D eigenvalue weighted by Gasteiger charge is 2.20. The molecule has 0 aromatic heterocycles. The summed E-state index contributed by atoms with van der Waals surface area (Å²) >= 11 is 0. The lowest BCUT2D eigenvalue weighted by Gasteiger charge is -2.16. The molecule has 2 aromatic rings. The molecule has 0 bridgehead atoms. The van der Waals surface area contributed by atoms with Crippen LogP contribution in [0.5, 0.6) is 0 Å². The van der Waals surface area contributed by atoms with E-state index in [4.69, 9.17) is 15.9 Å². The van der Waals surface area contributed by atoms with Gasteiger partial charge in [-0.2, -0.15) is 0 Å². The number of aromatic carboxylic acids is 2. The van der Waals surface area contributed by atoms with E-state index in [1.54, 1.807) is 17.1 Å². The Morgan fingerprint density at radius 1 is 0.966 bits per heavy atom. The average molecular weight is 421 g/mol. The monoisotopic (exact) mass is 421 g/mol. The van der Waals surface area contributed by atoms with Crippen LogP contribution in [0, 0.1) is 6.92 Å². The van der Waals surface area contributed by atoms with Crippen molar-refractivity contribution in [1.29, 1.82) is 0 Å². The maximum atomic E-state index is 11.9. The molecule has 9 nitrogen and oxygen atoms in total. The molecule has 3 rings (SSSR count). The molecule has 0 unspecified atom stereocenters. The number of hydrogen-bond acceptors (Lipinski definition) is 6. The lowest BCUT2D eigenvalue weighted by atomic mass is 10.0. The maximum Gasteiger partial charge on any atom is 0.335 e. The Balaban J connectivity index is 0.000000212. The molecule has 2 aromatic carbocycles. The molecule has 1 aliphatic heterocycles. The Morgan fingerprint density at radius 3 is 1.90 bits per heavy atom. The van der Waals surface area contributed by atoms with E-state index in [9.17, 15) is 18.0 Å². The lowest BCUT2D eigenvalue weighted by molar-refractivity contribution is 0.0696. The number of nitrogen functional groups attached to an aromatic ring is 1. The zero-order valence-corrected chi connectivity index (χ0v) is 16.6. The van der Waals surface area contributed by atoms with Crippen molar-refractivity contribution in [2.24, 2.45) is 0 Å². The smallest absolute Gasteiger partial charge is 0.335 e. The minimum absolute atomic E-state index is 0.0277. The van der Waals surface area contributed by atoms with Gasteiger partial charge in [0, 0.05) is 18.8 Å². The molecule has 29 heavy (non-hydrogen) atoms. The summed E-state index contributed by atoms with van der Waals surface area (Å²) in [6.45, 7) is 3.02. The number of hydrogen-bond donors (Lipinski definition) is 4. The summed E-state index contributed by atoms with van der Waals surface area (Å²) in [6, 6.07) is 10.4. The van der Waals surface area contributed by atoms with Gasteiger partial charge in [0.15, 0.2) is 0 Å². The summed E-state index contributed by atoms with van der Waals surface area (Å²) in [6.07, 6.45) is 2.06. The summed E-state index contributed by atoms with van der Waals surface area (Å²) in [5.41, 5.74) is 6.40. The van der Waals surface area contributed by atoms with Gasteiger partial charge < -0.3 is 15.9 Å². The molecule has 0 amide bonds. The van der Waals surface area contributed by atoms with Crippen molar-refractivity contribution in [2.45, 2.75) is 24.7 Å². The molecule has 0 saturated carbocycles. The van der Waals surface area contributed by atoms with Crippen molar-refractivity contribution in [1.82, 2.24) is 9.84 Å². The number of rotatable bonds is 5. The number of nitrogens with one attached hydrogen (secondary N) is 1. The number of benzene rings is 2. The number of nitrogens with two attached hydrogens (primary N) is 1. The quantitative estimate of drug-likeness (QED) is 0.535. The highest BCUT2D eigenvalue weighted by Crippen LogP contribution is 2.14. The molecule has 1 fully saturated rings.